The average molecular weight is 360 g/mol. The molecule has 1 heterocycles. The van der Waals surface area contributed by atoms with Gasteiger partial charge in [-0.25, -0.2) is 4.79 Å². The molecular formula is C17H16N2O7. The van der Waals surface area contributed by atoms with Crippen LogP contribution in [0, 0.1) is 22.0 Å². The number of nitrogens with zero attached hydrogens (tertiary/aromatic N) is 2. The molecule has 0 radical (unpaired) electrons. The number of non-ortho nitro benzene ring substituents is 1. The lowest BCUT2D eigenvalue weighted by Crippen LogP contribution is -2.40. The molecule has 1 aromatic rings. The van der Waals surface area contributed by atoms with Crippen molar-refractivity contribution in [1.29, 1.82) is 0 Å². The van der Waals surface area contributed by atoms with Crippen molar-refractivity contribution in [1.82, 2.24) is 5.06 Å². The number of amides is 2. The number of hydroxylamine groups is 2. The van der Waals surface area contributed by atoms with Crippen LogP contribution < -0.4 is 0 Å². The fourth-order valence-electron chi connectivity index (χ4n) is 3.05. The second-order valence-corrected chi connectivity index (χ2v) is 6.23. The van der Waals surface area contributed by atoms with E-state index in [1.807, 2.05) is 6.92 Å². The first-order valence-corrected chi connectivity index (χ1v) is 7.98. The number of carbonyl (C=O) groups excluding carboxylic acids is 3. The van der Waals surface area contributed by atoms with E-state index < -0.39 is 28.8 Å². The molecule has 2 amide bonds. The summed E-state index contributed by atoms with van der Waals surface area (Å²) in [7, 11) is 0. The minimum Gasteiger partial charge on any atom is -0.428 e. The summed E-state index contributed by atoms with van der Waals surface area (Å²) in [5.74, 6) is -1.65. The van der Waals surface area contributed by atoms with Gasteiger partial charge >= 0.3 is 6.16 Å². The summed E-state index contributed by atoms with van der Waals surface area (Å²) in [6.45, 7) is 1.66. The van der Waals surface area contributed by atoms with Gasteiger partial charge < -0.3 is 4.74 Å². The molecule has 0 N–H and O–H groups in total. The Labute approximate surface area is 148 Å². The molecule has 1 aliphatic heterocycles. The first-order valence-electron chi connectivity index (χ1n) is 7.98. The Kier molecular flexibility index (Phi) is 4.70. The number of rotatable bonds is 4. The lowest BCUT2D eigenvalue weighted by Gasteiger charge is -2.20. The summed E-state index contributed by atoms with van der Waals surface area (Å²) >= 11 is 0. The number of nitro groups is 1. The molecule has 1 saturated heterocycles. The van der Waals surface area contributed by atoms with E-state index in [1.54, 1.807) is 6.08 Å². The van der Waals surface area contributed by atoms with E-state index in [9.17, 15) is 24.5 Å². The second kappa shape index (κ2) is 6.95. The summed E-state index contributed by atoms with van der Waals surface area (Å²) in [6, 6.07) is 5.41. The molecule has 0 spiro atoms. The van der Waals surface area contributed by atoms with Crippen molar-refractivity contribution in [2.24, 2.45) is 11.8 Å². The van der Waals surface area contributed by atoms with Crippen LogP contribution in [0.5, 0.6) is 0 Å². The number of hydrogen-bond donors (Lipinski definition) is 0. The van der Waals surface area contributed by atoms with Crippen LogP contribution >= 0.6 is 0 Å². The fourth-order valence-corrected chi connectivity index (χ4v) is 3.05. The third-order valence-electron chi connectivity index (χ3n) is 4.48. The molecular weight excluding hydrogens is 344 g/mol. The van der Waals surface area contributed by atoms with E-state index in [0.717, 1.165) is 5.57 Å². The first-order chi connectivity index (χ1) is 12.3. The van der Waals surface area contributed by atoms with Crippen LogP contribution in [0.4, 0.5) is 10.5 Å². The molecule has 9 heteroatoms. The zero-order valence-electron chi connectivity index (χ0n) is 13.9. The Morgan fingerprint density at radius 1 is 1.31 bits per heavy atom. The molecule has 9 nitrogen and oxygen atoms in total. The van der Waals surface area contributed by atoms with Crippen LogP contribution in [0.15, 0.2) is 35.9 Å². The Hall–Kier alpha value is -3.23. The minimum atomic E-state index is -1.19. The molecule has 0 aromatic heterocycles. The van der Waals surface area contributed by atoms with E-state index in [0.29, 0.717) is 17.0 Å². The predicted octanol–water partition coefficient (Wildman–Crippen LogP) is 2.50. The second-order valence-electron chi connectivity index (χ2n) is 6.23. The summed E-state index contributed by atoms with van der Waals surface area (Å²) in [6.07, 6.45) is 1.23. The van der Waals surface area contributed by atoms with Gasteiger partial charge in [0.1, 0.15) is 6.61 Å². The summed E-state index contributed by atoms with van der Waals surface area (Å²) < 4.78 is 4.88. The number of fused-ring (bicyclic) bond motifs is 2. The van der Waals surface area contributed by atoms with Crippen LogP contribution in [0.25, 0.3) is 0 Å². The molecule has 136 valence electrons. The van der Waals surface area contributed by atoms with Crippen molar-refractivity contribution in [2.45, 2.75) is 26.4 Å². The smallest absolute Gasteiger partial charge is 0.428 e. The van der Waals surface area contributed by atoms with Gasteiger partial charge in [-0.15, -0.1) is 0 Å². The number of benzene rings is 1. The Balaban J connectivity index is 1.58. The lowest BCUT2D eigenvalue weighted by molar-refractivity contribution is -0.384. The standard InChI is InChI=1S/C17H16N2O7/c1-10-6-13-7-12(10)8-15(20)18(16(13)21)26-17(22)25-9-11-2-4-14(5-3-11)19(23)24/h2-6,12-13H,7-9H2,1H3/t12-,13?/m0/s1. The van der Waals surface area contributed by atoms with Crippen molar-refractivity contribution in [2.75, 3.05) is 0 Å². The van der Waals surface area contributed by atoms with Gasteiger partial charge in [0.25, 0.3) is 17.5 Å². The largest absolute Gasteiger partial charge is 0.534 e. The van der Waals surface area contributed by atoms with Crippen LogP contribution in [0.3, 0.4) is 0 Å². The highest BCUT2D eigenvalue weighted by atomic mass is 16.8. The molecule has 1 aliphatic carbocycles. The van der Waals surface area contributed by atoms with Crippen LogP contribution in [-0.2, 0) is 25.8 Å². The lowest BCUT2D eigenvalue weighted by atomic mass is 9.98. The Morgan fingerprint density at radius 2 is 2.00 bits per heavy atom. The highest BCUT2D eigenvalue weighted by Crippen LogP contribution is 2.37. The van der Waals surface area contributed by atoms with E-state index in [4.69, 9.17) is 9.57 Å². The average Bonchev–Trinajstić information content (AvgIpc) is 2.93. The molecule has 3 rings (SSSR count). The number of ether oxygens (including phenoxy) is 1. The maximum Gasteiger partial charge on any atom is 0.534 e. The highest BCUT2D eigenvalue weighted by Gasteiger charge is 2.42. The SMILES string of the molecule is CC1=CC2C[C@H]1CC(=O)N(OC(=O)OCc1ccc([N+](=O)[O-])cc1)C2=O. The molecule has 0 saturated carbocycles. The number of nitro benzene ring substituents is 1. The van der Waals surface area contributed by atoms with E-state index in [-0.39, 0.29) is 24.6 Å². The van der Waals surface area contributed by atoms with Crippen LogP contribution in [0.2, 0.25) is 0 Å². The van der Waals surface area contributed by atoms with Gasteiger partial charge in [0.15, 0.2) is 0 Å². The van der Waals surface area contributed by atoms with Crippen molar-refractivity contribution < 1.29 is 28.9 Å². The van der Waals surface area contributed by atoms with Crippen LogP contribution in [0.1, 0.15) is 25.3 Å². The molecule has 1 fully saturated rings. The molecule has 2 atom stereocenters. The predicted molar refractivity (Wildman–Crippen MR) is 86.2 cm³/mol. The van der Waals surface area contributed by atoms with Crippen LogP contribution in [-0.4, -0.2) is 28.0 Å². The molecule has 2 bridgehead atoms. The topological polar surface area (TPSA) is 116 Å². The number of imide groups is 1. The van der Waals surface area contributed by atoms with Gasteiger partial charge in [-0.05, 0) is 37.0 Å². The molecule has 2 aliphatic rings. The molecule has 26 heavy (non-hydrogen) atoms. The maximum absolute atomic E-state index is 12.3. The van der Waals surface area contributed by atoms with E-state index >= 15 is 0 Å². The van der Waals surface area contributed by atoms with Crippen molar-refractivity contribution in [3.8, 4) is 0 Å². The summed E-state index contributed by atoms with van der Waals surface area (Å²) in [5.41, 5.74) is 1.41. The van der Waals surface area contributed by atoms with Gasteiger partial charge in [-0.3, -0.25) is 24.5 Å². The van der Waals surface area contributed by atoms with Gasteiger partial charge in [0.2, 0.25) is 0 Å². The summed E-state index contributed by atoms with van der Waals surface area (Å²) in [5, 5.41) is 11.1. The van der Waals surface area contributed by atoms with Crippen molar-refractivity contribution in [3.05, 3.63) is 51.6 Å². The Morgan fingerprint density at radius 3 is 2.65 bits per heavy atom. The van der Waals surface area contributed by atoms with Gasteiger partial charge in [-0.2, -0.15) is 0 Å². The highest BCUT2D eigenvalue weighted by molar-refractivity contribution is 5.98. The summed E-state index contributed by atoms with van der Waals surface area (Å²) in [4.78, 5) is 51.2. The fraction of sp³-hybridized carbons (Fsp3) is 0.353. The monoisotopic (exact) mass is 360 g/mol. The first kappa shape index (κ1) is 17.6. The number of allylic oxidation sites excluding steroid dienone is 1. The zero-order chi connectivity index (χ0) is 18.8. The number of hydrogen-bond acceptors (Lipinski definition) is 7. The minimum absolute atomic E-state index is 0.0128. The third kappa shape index (κ3) is 3.56. The molecule has 1 unspecified atom stereocenters. The van der Waals surface area contributed by atoms with Crippen molar-refractivity contribution >= 4 is 23.7 Å². The quantitative estimate of drug-likeness (QED) is 0.266. The third-order valence-corrected chi connectivity index (χ3v) is 4.48. The van der Waals surface area contributed by atoms with Gasteiger partial charge in [0.05, 0.1) is 10.8 Å². The van der Waals surface area contributed by atoms with Gasteiger partial charge in [0, 0.05) is 18.6 Å². The molecule has 1 aromatic carbocycles. The number of carbonyl (C=O) groups is 3. The zero-order valence-corrected chi connectivity index (χ0v) is 13.9. The van der Waals surface area contributed by atoms with Gasteiger partial charge in [-0.1, -0.05) is 16.7 Å². The van der Waals surface area contributed by atoms with E-state index in [1.165, 1.54) is 24.3 Å². The maximum atomic E-state index is 12.3. The Bertz CT molecular complexity index is 800. The normalized spacial score (nSPS) is 21.9. The van der Waals surface area contributed by atoms with Crippen molar-refractivity contribution in [3.63, 3.8) is 0 Å². The van der Waals surface area contributed by atoms with E-state index in [2.05, 4.69) is 0 Å².